The van der Waals surface area contributed by atoms with Crippen LogP contribution in [0.5, 0.6) is 0 Å². The van der Waals surface area contributed by atoms with Crippen LogP contribution in [0.4, 0.5) is 0 Å². The van der Waals surface area contributed by atoms with Crippen LogP contribution in [-0.4, -0.2) is 4.57 Å². The van der Waals surface area contributed by atoms with Gasteiger partial charge in [0.2, 0.25) is 0 Å². The minimum atomic E-state index is -0.475. The number of nitrogens with zero attached hydrogens (tertiary/aromatic N) is 1. The minimum absolute atomic E-state index is 0.475. The van der Waals surface area contributed by atoms with Gasteiger partial charge >= 0.3 is 0 Å². The van der Waals surface area contributed by atoms with Gasteiger partial charge in [0, 0.05) is 20.6 Å². The van der Waals surface area contributed by atoms with Crippen molar-refractivity contribution < 1.29 is 0 Å². The molecule has 2 aliphatic rings. The minimum Gasteiger partial charge on any atom is -0.309 e. The maximum absolute atomic E-state index is 2.52. The summed E-state index contributed by atoms with van der Waals surface area (Å²) in [4.78, 5) is 2.64. The summed E-state index contributed by atoms with van der Waals surface area (Å²) in [5.41, 5.74) is 11.2. The molecule has 47 heavy (non-hydrogen) atoms. The molecule has 1 aromatic heterocycles. The van der Waals surface area contributed by atoms with Gasteiger partial charge in [-0.15, -0.1) is 0 Å². The summed E-state index contributed by atoms with van der Waals surface area (Å²) in [7, 11) is 0. The number of aromatic nitrogens is 1. The Hall–Kier alpha value is -5.57. The van der Waals surface area contributed by atoms with E-state index in [1.54, 1.807) is 0 Å². The SMILES string of the molecule is c1ccc2c(c1)Sc1ccc(-c3ccc4ccc5ccccc5c4c3)cc1C21c2ccccc2-n2c3ccccc3c3cccc1c32. The molecule has 1 unspecified atom stereocenters. The van der Waals surface area contributed by atoms with Crippen molar-refractivity contribution in [1.82, 2.24) is 4.57 Å². The van der Waals surface area contributed by atoms with E-state index in [9.17, 15) is 0 Å². The summed E-state index contributed by atoms with van der Waals surface area (Å²) < 4.78 is 2.52. The van der Waals surface area contributed by atoms with E-state index in [0.717, 1.165) is 0 Å². The van der Waals surface area contributed by atoms with Crippen LogP contribution in [0.15, 0.2) is 174 Å². The molecule has 1 nitrogen and oxygen atoms in total. The molecule has 0 fully saturated rings. The lowest BCUT2D eigenvalue weighted by molar-refractivity contribution is 0.690. The van der Waals surface area contributed by atoms with Crippen LogP contribution < -0.4 is 0 Å². The second-order valence-corrected chi connectivity index (χ2v) is 13.9. The molecule has 0 aliphatic carbocycles. The Morgan fingerprint density at radius 2 is 1.04 bits per heavy atom. The highest BCUT2D eigenvalue weighted by Crippen LogP contribution is 2.60. The van der Waals surface area contributed by atoms with E-state index in [4.69, 9.17) is 0 Å². The molecule has 1 atom stereocenters. The lowest BCUT2D eigenvalue weighted by Gasteiger charge is -2.45. The Balaban J connectivity index is 1.27. The fourth-order valence-corrected chi connectivity index (χ4v) is 9.86. The third-order valence-electron chi connectivity index (χ3n) is 10.6. The van der Waals surface area contributed by atoms with Crippen molar-refractivity contribution in [3.05, 3.63) is 186 Å². The van der Waals surface area contributed by atoms with Gasteiger partial charge < -0.3 is 4.57 Å². The van der Waals surface area contributed by atoms with Gasteiger partial charge in [0.25, 0.3) is 0 Å². The largest absolute Gasteiger partial charge is 0.309 e. The van der Waals surface area contributed by atoms with Crippen molar-refractivity contribution in [2.24, 2.45) is 0 Å². The van der Waals surface area contributed by atoms with Crippen molar-refractivity contribution in [2.75, 3.05) is 0 Å². The number of para-hydroxylation sites is 3. The maximum atomic E-state index is 2.52. The summed E-state index contributed by atoms with van der Waals surface area (Å²) in [6.07, 6.45) is 0. The Bertz CT molecular complexity index is 2790. The molecule has 0 N–H and O–H groups in total. The van der Waals surface area contributed by atoms with Gasteiger partial charge in [-0.1, -0.05) is 139 Å². The van der Waals surface area contributed by atoms with Crippen molar-refractivity contribution >= 4 is 55.1 Å². The number of fused-ring (bicyclic) bond motifs is 14. The standard InChI is InChI=1S/C45H27NS/c1-2-11-32-28(10-1)20-21-29-22-23-30(26-35(29)32)31-24-25-43-39(27-31)45(37-15-5-8-19-42(37)47-43)36-14-4-7-18-41(36)46-40-17-6-3-12-33(40)34-13-9-16-38(45)44(34)46/h1-27H. The second kappa shape index (κ2) is 9.25. The van der Waals surface area contributed by atoms with Gasteiger partial charge in [-0.2, -0.15) is 0 Å². The first kappa shape index (κ1) is 25.6. The van der Waals surface area contributed by atoms with E-state index in [2.05, 4.69) is 168 Å². The molecule has 0 amide bonds. The summed E-state index contributed by atoms with van der Waals surface area (Å²) in [5.74, 6) is 0. The molecule has 2 aliphatic heterocycles. The first-order valence-corrected chi connectivity index (χ1v) is 17.1. The lowest BCUT2D eigenvalue weighted by atomic mass is 9.62. The molecule has 0 saturated carbocycles. The molecule has 0 radical (unpaired) electrons. The van der Waals surface area contributed by atoms with E-state index < -0.39 is 5.41 Å². The molecule has 8 aromatic carbocycles. The van der Waals surface area contributed by atoms with Crippen LogP contribution in [0.25, 0.3) is 60.2 Å². The van der Waals surface area contributed by atoms with Gasteiger partial charge in [-0.25, -0.2) is 0 Å². The Morgan fingerprint density at radius 3 is 1.98 bits per heavy atom. The fourth-order valence-electron chi connectivity index (χ4n) is 8.68. The van der Waals surface area contributed by atoms with Crippen molar-refractivity contribution in [3.8, 4) is 16.8 Å². The predicted octanol–water partition coefficient (Wildman–Crippen LogP) is 11.9. The van der Waals surface area contributed by atoms with E-state index in [1.165, 1.54) is 92.2 Å². The predicted molar refractivity (Wildman–Crippen MR) is 197 cm³/mol. The van der Waals surface area contributed by atoms with Crippen molar-refractivity contribution in [2.45, 2.75) is 15.2 Å². The summed E-state index contributed by atoms with van der Waals surface area (Å²) in [6.45, 7) is 0. The monoisotopic (exact) mass is 613 g/mol. The highest BCUT2D eigenvalue weighted by Gasteiger charge is 2.49. The van der Waals surface area contributed by atoms with E-state index in [-0.39, 0.29) is 0 Å². The zero-order valence-electron chi connectivity index (χ0n) is 25.4. The molecular formula is C45H27NS. The van der Waals surface area contributed by atoms with E-state index >= 15 is 0 Å². The highest BCUT2D eigenvalue weighted by atomic mass is 32.2. The molecule has 11 rings (SSSR count). The van der Waals surface area contributed by atoms with Crippen LogP contribution in [0.3, 0.4) is 0 Å². The molecule has 1 spiro atoms. The van der Waals surface area contributed by atoms with Gasteiger partial charge in [0.1, 0.15) is 0 Å². The molecule has 218 valence electrons. The average Bonchev–Trinajstić information content (AvgIpc) is 3.48. The van der Waals surface area contributed by atoms with Gasteiger partial charge in [0.05, 0.1) is 22.1 Å². The van der Waals surface area contributed by atoms with Crippen molar-refractivity contribution in [3.63, 3.8) is 0 Å². The number of rotatable bonds is 1. The second-order valence-electron chi connectivity index (χ2n) is 12.9. The molecular weight excluding hydrogens is 587 g/mol. The first-order chi connectivity index (χ1) is 23.3. The van der Waals surface area contributed by atoms with Crippen LogP contribution >= 0.6 is 11.8 Å². The lowest BCUT2D eigenvalue weighted by Crippen LogP contribution is -2.37. The zero-order chi connectivity index (χ0) is 30.7. The average molecular weight is 614 g/mol. The van der Waals surface area contributed by atoms with Crippen LogP contribution in [0.1, 0.15) is 22.3 Å². The Labute approximate surface area is 276 Å². The van der Waals surface area contributed by atoms with Crippen LogP contribution in [0, 0.1) is 0 Å². The molecule has 0 saturated heterocycles. The number of benzene rings is 8. The normalized spacial score (nSPS) is 16.1. The Morgan fingerprint density at radius 1 is 0.404 bits per heavy atom. The first-order valence-electron chi connectivity index (χ1n) is 16.3. The van der Waals surface area contributed by atoms with Crippen LogP contribution in [-0.2, 0) is 5.41 Å². The van der Waals surface area contributed by atoms with Gasteiger partial charge in [0.15, 0.2) is 0 Å². The van der Waals surface area contributed by atoms with Gasteiger partial charge in [-0.05, 0) is 91.3 Å². The number of hydrogen-bond donors (Lipinski definition) is 0. The fraction of sp³-hybridized carbons (Fsp3) is 0.0222. The van der Waals surface area contributed by atoms with E-state index in [0.29, 0.717) is 0 Å². The third-order valence-corrected chi connectivity index (χ3v) is 11.8. The topological polar surface area (TPSA) is 4.93 Å². The Kier molecular flexibility index (Phi) is 5.04. The molecule has 9 aromatic rings. The summed E-state index contributed by atoms with van der Waals surface area (Å²) >= 11 is 1.90. The van der Waals surface area contributed by atoms with E-state index in [1.807, 2.05) is 11.8 Å². The maximum Gasteiger partial charge on any atom is 0.0764 e. The molecule has 2 heteroatoms. The smallest absolute Gasteiger partial charge is 0.0764 e. The highest BCUT2D eigenvalue weighted by molar-refractivity contribution is 7.99. The van der Waals surface area contributed by atoms with Crippen molar-refractivity contribution in [1.29, 1.82) is 0 Å². The molecule has 0 bridgehead atoms. The zero-order valence-corrected chi connectivity index (χ0v) is 26.3. The quantitative estimate of drug-likeness (QED) is 0.167. The van der Waals surface area contributed by atoms with Gasteiger partial charge in [-0.3, -0.25) is 0 Å². The molecule has 3 heterocycles. The summed E-state index contributed by atoms with van der Waals surface area (Å²) in [6, 6.07) is 61.4. The summed E-state index contributed by atoms with van der Waals surface area (Å²) in [5, 5.41) is 7.74. The third kappa shape index (κ3) is 3.26. The van der Waals surface area contributed by atoms with Crippen LogP contribution in [0.2, 0.25) is 0 Å². The number of hydrogen-bond acceptors (Lipinski definition) is 1.